The van der Waals surface area contributed by atoms with Crippen molar-refractivity contribution in [1.29, 1.82) is 0 Å². The van der Waals surface area contributed by atoms with Crippen molar-refractivity contribution in [2.75, 3.05) is 0 Å². The van der Waals surface area contributed by atoms with Crippen molar-refractivity contribution in [2.24, 2.45) is 0 Å². The highest BCUT2D eigenvalue weighted by molar-refractivity contribution is 6.87. The minimum atomic E-state index is -1.56. The average Bonchev–Trinajstić information content (AvgIpc) is 1.79. The fourth-order valence-corrected chi connectivity index (χ4v) is 2.72. The first-order chi connectivity index (χ1) is 6.08. The van der Waals surface area contributed by atoms with Gasteiger partial charge in [0.1, 0.15) is 5.60 Å². The Hall–Kier alpha value is -0.573. The fourth-order valence-electron chi connectivity index (χ4n) is 1.19. The maximum Gasteiger partial charge on any atom is 0.330 e. The first kappa shape index (κ1) is 13.4. The molecule has 2 nitrogen and oxygen atoms in total. The molecule has 0 aromatic rings. The zero-order valence-electron chi connectivity index (χ0n) is 10.4. The van der Waals surface area contributed by atoms with Crippen molar-refractivity contribution >= 4 is 14.0 Å². The number of carbonyl (C=O) groups excluding carboxylic acids is 1. The van der Waals surface area contributed by atoms with Gasteiger partial charge in [-0.05, 0) is 27.7 Å². The molecular formula is C11H22O2Si. The van der Waals surface area contributed by atoms with Gasteiger partial charge in [0.2, 0.25) is 0 Å². The molecule has 0 spiro atoms. The summed E-state index contributed by atoms with van der Waals surface area (Å²) in [5.74, 6) is -0.154. The minimum absolute atomic E-state index is 0.154. The zero-order chi connectivity index (χ0) is 11.6. The van der Waals surface area contributed by atoms with Crippen LogP contribution >= 0.6 is 0 Å². The molecule has 0 amide bonds. The SMILES string of the molecule is C/C=C(/C(=O)OC(C)(C)C)[Si](C)(C)C. The Kier molecular flexibility index (Phi) is 4.12. The Balaban J connectivity index is 4.69. The third-order valence-corrected chi connectivity index (χ3v) is 3.82. The predicted octanol–water partition coefficient (Wildman–Crippen LogP) is 3.15. The Morgan fingerprint density at radius 2 is 1.64 bits per heavy atom. The number of carbonyl (C=O) groups is 1. The maximum atomic E-state index is 11.8. The van der Waals surface area contributed by atoms with Crippen LogP contribution in [-0.4, -0.2) is 19.6 Å². The van der Waals surface area contributed by atoms with E-state index in [1.807, 2.05) is 33.8 Å². The van der Waals surface area contributed by atoms with E-state index in [1.165, 1.54) is 0 Å². The highest BCUT2D eigenvalue weighted by Gasteiger charge is 2.28. The quantitative estimate of drug-likeness (QED) is 0.401. The number of rotatable bonds is 2. The first-order valence-electron chi connectivity index (χ1n) is 4.98. The Bertz CT molecular complexity index is 241. The summed E-state index contributed by atoms with van der Waals surface area (Å²) in [7, 11) is -1.56. The summed E-state index contributed by atoms with van der Waals surface area (Å²) in [4.78, 5) is 11.8. The van der Waals surface area contributed by atoms with Gasteiger partial charge >= 0.3 is 5.97 Å². The third-order valence-electron chi connectivity index (χ3n) is 1.72. The lowest BCUT2D eigenvalue weighted by Gasteiger charge is -2.25. The molecule has 0 fully saturated rings. The average molecular weight is 214 g/mol. The van der Waals surface area contributed by atoms with Gasteiger partial charge in [0.15, 0.2) is 0 Å². The van der Waals surface area contributed by atoms with Gasteiger partial charge < -0.3 is 4.74 Å². The van der Waals surface area contributed by atoms with Crippen LogP contribution in [0.3, 0.4) is 0 Å². The molecule has 0 radical (unpaired) electrons. The topological polar surface area (TPSA) is 26.3 Å². The molecule has 0 atom stereocenters. The van der Waals surface area contributed by atoms with E-state index >= 15 is 0 Å². The van der Waals surface area contributed by atoms with E-state index in [9.17, 15) is 4.79 Å². The van der Waals surface area contributed by atoms with Crippen LogP contribution in [0.2, 0.25) is 19.6 Å². The molecule has 0 heterocycles. The van der Waals surface area contributed by atoms with Crippen LogP contribution in [0.25, 0.3) is 0 Å². The molecule has 0 bridgehead atoms. The van der Waals surface area contributed by atoms with E-state index in [-0.39, 0.29) is 5.97 Å². The van der Waals surface area contributed by atoms with Crippen LogP contribution in [0.15, 0.2) is 11.3 Å². The van der Waals surface area contributed by atoms with Crippen LogP contribution in [-0.2, 0) is 9.53 Å². The van der Waals surface area contributed by atoms with Gasteiger partial charge in [-0.15, -0.1) is 0 Å². The van der Waals surface area contributed by atoms with E-state index in [4.69, 9.17) is 4.74 Å². The molecule has 0 aliphatic heterocycles. The van der Waals surface area contributed by atoms with Crippen LogP contribution in [0, 0.1) is 0 Å². The van der Waals surface area contributed by atoms with Gasteiger partial charge in [-0.25, -0.2) is 4.79 Å². The first-order valence-corrected chi connectivity index (χ1v) is 8.48. The molecule has 0 aromatic heterocycles. The van der Waals surface area contributed by atoms with Crippen molar-refractivity contribution in [3.05, 3.63) is 11.3 Å². The van der Waals surface area contributed by atoms with Crippen LogP contribution in [0.5, 0.6) is 0 Å². The molecule has 3 heteroatoms. The van der Waals surface area contributed by atoms with Crippen LogP contribution in [0.4, 0.5) is 0 Å². The summed E-state index contributed by atoms with van der Waals surface area (Å²) in [6.45, 7) is 14.0. The molecule has 82 valence electrons. The van der Waals surface area contributed by atoms with Crippen molar-refractivity contribution in [1.82, 2.24) is 0 Å². The lowest BCUT2D eigenvalue weighted by molar-refractivity contribution is -0.149. The molecular weight excluding hydrogens is 192 g/mol. The number of hydrogen-bond acceptors (Lipinski definition) is 2. The molecule has 0 N–H and O–H groups in total. The summed E-state index contributed by atoms with van der Waals surface area (Å²) in [5, 5.41) is 0.868. The second-order valence-electron chi connectivity index (χ2n) is 5.45. The van der Waals surface area contributed by atoms with Gasteiger partial charge in [-0.1, -0.05) is 25.7 Å². The number of ether oxygens (including phenoxy) is 1. The summed E-state index contributed by atoms with van der Waals surface area (Å²) < 4.78 is 5.34. The van der Waals surface area contributed by atoms with Crippen LogP contribution < -0.4 is 0 Å². The summed E-state index contributed by atoms with van der Waals surface area (Å²) in [6, 6.07) is 0. The van der Waals surface area contributed by atoms with E-state index in [2.05, 4.69) is 19.6 Å². The standard InChI is InChI=1S/C11H22O2Si/c1-8-9(14(5,6)7)10(12)13-11(2,3)4/h8H,1-7H3/b9-8-. The summed E-state index contributed by atoms with van der Waals surface area (Å²) >= 11 is 0. The van der Waals surface area contributed by atoms with Crippen molar-refractivity contribution in [2.45, 2.75) is 52.9 Å². The second-order valence-corrected chi connectivity index (χ2v) is 10.5. The molecule has 0 rings (SSSR count). The second kappa shape index (κ2) is 4.30. The van der Waals surface area contributed by atoms with Crippen molar-refractivity contribution in [3.63, 3.8) is 0 Å². The van der Waals surface area contributed by atoms with Gasteiger partial charge in [0, 0.05) is 5.20 Å². The molecule has 14 heavy (non-hydrogen) atoms. The predicted molar refractivity (Wildman–Crippen MR) is 62.9 cm³/mol. The molecule has 0 aromatic carbocycles. The van der Waals surface area contributed by atoms with Crippen LogP contribution in [0.1, 0.15) is 27.7 Å². The van der Waals surface area contributed by atoms with Gasteiger partial charge in [-0.2, -0.15) is 0 Å². The summed E-state index contributed by atoms with van der Waals surface area (Å²) in [6.07, 6.45) is 1.89. The number of esters is 1. The number of allylic oxidation sites excluding steroid dienone is 1. The Labute approximate surface area is 88.4 Å². The largest absolute Gasteiger partial charge is 0.457 e. The highest BCUT2D eigenvalue weighted by atomic mass is 28.3. The lowest BCUT2D eigenvalue weighted by atomic mass is 10.2. The van der Waals surface area contributed by atoms with Gasteiger partial charge in [-0.3, -0.25) is 0 Å². The minimum Gasteiger partial charge on any atom is -0.457 e. The van der Waals surface area contributed by atoms with Crippen molar-refractivity contribution < 1.29 is 9.53 Å². The van der Waals surface area contributed by atoms with E-state index in [1.54, 1.807) is 0 Å². The number of hydrogen-bond donors (Lipinski definition) is 0. The normalized spacial score (nSPS) is 14.1. The molecule has 0 saturated carbocycles. The fraction of sp³-hybridized carbons (Fsp3) is 0.727. The third kappa shape index (κ3) is 4.60. The molecule has 0 unspecified atom stereocenters. The zero-order valence-corrected chi connectivity index (χ0v) is 11.4. The van der Waals surface area contributed by atoms with E-state index < -0.39 is 13.7 Å². The smallest absolute Gasteiger partial charge is 0.330 e. The molecule has 0 saturated heterocycles. The van der Waals surface area contributed by atoms with E-state index in [0.717, 1.165) is 5.20 Å². The Morgan fingerprint density at radius 1 is 1.21 bits per heavy atom. The highest BCUT2D eigenvalue weighted by Crippen LogP contribution is 2.19. The van der Waals surface area contributed by atoms with Crippen molar-refractivity contribution in [3.8, 4) is 0 Å². The van der Waals surface area contributed by atoms with Gasteiger partial charge in [0.25, 0.3) is 0 Å². The maximum absolute atomic E-state index is 11.8. The molecule has 0 aliphatic carbocycles. The molecule has 0 aliphatic rings. The Morgan fingerprint density at radius 3 is 1.86 bits per heavy atom. The van der Waals surface area contributed by atoms with E-state index in [0.29, 0.717) is 0 Å². The monoisotopic (exact) mass is 214 g/mol. The van der Waals surface area contributed by atoms with Gasteiger partial charge in [0.05, 0.1) is 8.07 Å². The summed E-state index contributed by atoms with van der Waals surface area (Å²) in [5.41, 5.74) is -0.398. The lowest BCUT2D eigenvalue weighted by Crippen LogP contribution is -2.34.